The van der Waals surface area contributed by atoms with E-state index in [1.165, 1.54) is 17.1 Å². The van der Waals surface area contributed by atoms with Crippen LogP contribution in [0.1, 0.15) is 30.1 Å². The molecule has 2 aromatic heterocycles. The van der Waals surface area contributed by atoms with Crippen molar-refractivity contribution in [3.8, 4) is 11.3 Å². The number of hydrogen-bond donors (Lipinski definition) is 3. The number of aliphatic carboxylic acids is 2. The molecule has 0 atom stereocenters. The highest BCUT2D eigenvalue weighted by atomic mass is 32.1. The van der Waals surface area contributed by atoms with Crippen LogP contribution >= 0.6 is 11.5 Å². The lowest BCUT2D eigenvalue weighted by Gasteiger charge is -2.31. The van der Waals surface area contributed by atoms with Gasteiger partial charge in [0, 0.05) is 37.1 Å². The smallest absolute Gasteiger partial charge is 0.475 e. The van der Waals surface area contributed by atoms with Gasteiger partial charge in [-0.3, -0.25) is 4.90 Å². The standard InChI is InChI=1S/C17H21N7S.2C2HF3O2/c18-9-15-11-24(21-19-15)16-5-7-23(8-6-16)10-13-1-3-14(4-2-13)17-12-25-22-20-17;2*3-2(4,5)1(6)7/h1-4,11-12,16H,5-10,18H2;2*(H,6,7). The van der Waals surface area contributed by atoms with Gasteiger partial charge in [-0.1, -0.05) is 34.0 Å². The second-order valence-corrected chi connectivity index (χ2v) is 8.60. The number of aromatic nitrogens is 5. The van der Waals surface area contributed by atoms with Gasteiger partial charge in [0.25, 0.3) is 0 Å². The molecule has 11 nitrogen and oxygen atoms in total. The lowest BCUT2D eigenvalue weighted by Crippen LogP contribution is -2.34. The van der Waals surface area contributed by atoms with Crippen molar-refractivity contribution in [2.24, 2.45) is 5.73 Å². The fourth-order valence-electron chi connectivity index (χ4n) is 3.26. The number of carboxylic acid groups (broad SMARTS) is 2. The average Bonchev–Trinajstić information content (AvgIpc) is 3.57. The number of nitrogens with two attached hydrogens (primary N) is 1. The molecule has 1 fully saturated rings. The fraction of sp³-hybridized carbons (Fsp3) is 0.429. The third kappa shape index (κ3) is 10.6. The number of alkyl halides is 6. The summed E-state index contributed by atoms with van der Waals surface area (Å²) in [6.07, 6.45) is -6.00. The third-order valence-corrected chi connectivity index (χ3v) is 5.70. The number of nitrogens with zero attached hydrogens (tertiary/aromatic N) is 6. The van der Waals surface area contributed by atoms with E-state index in [0.717, 1.165) is 49.4 Å². The van der Waals surface area contributed by atoms with Crippen LogP contribution in [-0.4, -0.2) is 77.1 Å². The Morgan fingerprint density at radius 2 is 1.51 bits per heavy atom. The Labute approximate surface area is 221 Å². The summed E-state index contributed by atoms with van der Waals surface area (Å²) in [5, 5.41) is 28.6. The molecule has 0 unspecified atom stereocenters. The average molecular weight is 584 g/mol. The molecule has 0 amide bonds. The molecule has 4 N–H and O–H groups in total. The van der Waals surface area contributed by atoms with Crippen molar-refractivity contribution in [3.05, 3.63) is 47.1 Å². The van der Waals surface area contributed by atoms with E-state index in [4.69, 9.17) is 25.5 Å². The predicted octanol–water partition coefficient (Wildman–Crippen LogP) is 3.36. The monoisotopic (exact) mass is 583 g/mol. The van der Waals surface area contributed by atoms with Gasteiger partial charge in [-0.2, -0.15) is 26.3 Å². The van der Waals surface area contributed by atoms with Crippen LogP contribution in [0, 0.1) is 0 Å². The van der Waals surface area contributed by atoms with Gasteiger partial charge in [-0.25, -0.2) is 14.3 Å². The summed E-state index contributed by atoms with van der Waals surface area (Å²) in [7, 11) is 0. The topological polar surface area (TPSA) is 160 Å². The Bertz CT molecular complexity index is 1150. The third-order valence-electron chi connectivity index (χ3n) is 5.20. The molecule has 0 spiro atoms. The van der Waals surface area contributed by atoms with E-state index in [1.807, 2.05) is 16.3 Å². The van der Waals surface area contributed by atoms with Crippen molar-refractivity contribution in [2.45, 2.75) is 44.3 Å². The van der Waals surface area contributed by atoms with E-state index in [1.54, 1.807) is 0 Å². The second kappa shape index (κ2) is 13.9. The number of rotatable bonds is 5. The molecule has 18 heteroatoms. The predicted molar refractivity (Wildman–Crippen MR) is 124 cm³/mol. The summed E-state index contributed by atoms with van der Waals surface area (Å²) < 4.78 is 69.4. The van der Waals surface area contributed by atoms with Gasteiger partial charge in [0.05, 0.1) is 17.9 Å². The Morgan fingerprint density at radius 1 is 0.974 bits per heavy atom. The molecule has 1 aliphatic heterocycles. The molecule has 3 aromatic rings. The molecule has 4 rings (SSSR count). The molecular weight excluding hydrogens is 560 g/mol. The molecule has 0 aliphatic carbocycles. The van der Waals surface area contributed by atoms with Gasteiger partial charge in [0.15, 0.2) is 0 Å². The van der Waals surface area contributed by atoms with Crippen LogP contribution in [0.15, 0.2) is 35.8 Å². The molecular formula is C21H23F6N7O4S. The first kappa shape index (κ1) is 31.6. The zero-order valence-corrected chi connectivity index (χ0v) is 20.7. The molecule has 0 radical (unpaired) electrons. The summed E-state index contributed by atoms with van der Waals surface area (Å²) in [5.74, 6) is -5.51. The van der Waals surface area contributed by atoms with Crippen LogP contribution in [-0.2, 0) is 22.7 Å². The summed E-state index contributed by atoms with van der Waals surface area (Å²) >= 11 is 1.38. The highest BCUT2D eigenvalue weighted by molar-refractivity contribution is 7.03. The van der Waals surface area contributed by atoms with Crippen molar-refractivity contribution in [1.82, 2.24) is 29.5 Å². The zero-order valence-electron chi connectivity index (χ0n) is 19.9. The van der Waals surface area contributed by atoms with Gasteiger partial charge in [-0.15, -0.1) is 10.2 Å². The molecule has 214 valence electrons. The normalized spacial score (nSPS) is 14.5. The first-order valence-corrected chi connectivity index (χ1v) is 11.8. The Morgan fingerprint density at radius 3 is 1.92 bits per heavy atom. The van der Waals surface area contributed by atoms with Gasteiger partial charge in [0.2, 0.25) is 0 Å². The Kier molecular flexibility index (Phi) is 11.3. The lowest BCUT2D eigenvalue weighted by molar-refractivity contribution is -0.193. The van der Waals surface area contributed by atoms with Gasteiger partial charge < -0.3 is 15.9 Å². The van der Waals surface area contributed by atoms with E-state index in [9.17, 15) is 26.3 Å². The van der Waals surface area contributed by atoms with Crippen molar-refractivity contribution in [1.29, 1.82) is 0 Å². The maximum Gasteiger partial charge on any atom is 0.490 e. The summed E-state index contributed by atoms with van der Waals surface area (Å²) in [6.45, 7) is 3.57. The lowest BCUT2D eigenvalue weighted by atomic mass is 10.0. The van der Waals surface area contributed by atoms with E-state index in [0.29, 0.717) is 12.6 Å². The minimum atomic E-state index is -5.08. The number of likely N-dealkylation sites (tertiary alicyclic amines) is 1. The summed E-state index contributed by atoms with van der Waals surface area (Å²) in [5.41, 5.74) is 9.87. The fourth-order valence-corrected chi connectivity index (χ4v) is 3.72. The van der Waals surface area contributed by atoms with Gasteiger partial charge in [0.1, 0.15) is 5.69 Å². The summed E-state index contributed by atoms with van der Waals surface area (Å²) in [4.78, 5) is 20.3. The first-order chi connectivity index (χ1) is 18.2. The van der Waals surface area contributed by atoms with Crippen molar-refractivity contribution in [2.75, 3.05) is 13.1 Å². The van der Waals surface area contributed by atoms with Crippen molar-refractivity contribution in [3.63, 3.8) is 0 Å². The van der Waals surface area contributed by atoms with E-state index >= 15 is 0 Å². The summed E-state index contributed by atoms with van der Waals surface area (Å²) in [6, 6.07) is 9.06. The Hall–Kier alpha value is -3.64. The number of carboxylic acids is 2. The van der Waals surface area contributed by atoms with Crippen molar-refractivity contribution < 1.29 is 46.1 Å². The van der Waals surface area contributed by atoms with E-state index < -0.39 is 24.3 Å². The van der Waals surface area contributed by atoms with Crippen LogP contribution in [0.2, 0.25) is 0 Å². The largest absolute Gasteiger partial charge is 0.490 e. The highest BCUT2D eigenvalue weighted by Gasteiger charge is 2.38. The molecule has 0 saturated carbocycles. The number of benzene rings is 1. The van der Waals surface area contributed by atoms with Crippen LogP contribution in [0.25, 0.3) is 11.3 Å². The van der Waals surface area contributed by atoms with Crippen molar-refractivity contribution >= 4 is 23.5 Å². The van der Waals surface area contributed by atoms with Crippen LogP contribution < -0.4 is 5.73 Å². The molecule has 3 heterocycles. The molecule has 0 bridgehead atoms. The van der Waals surface area contributed by atoms with Crippen LogP contribution in [0.3, 0.4) is 0 Å². The minimum absolute atomic E-state index is 0.434. The van der Waals surface area contributed by atoms with E-state index in [2.05, 4.69) is 49.1 Å². The minimum Gasteiger partial charge on any atom is -0.475 e. The van der Waals surface area contributed by atoms with Gasteiger partial charge >= 0.3 is 24.3 Å². The second-order valence-electron chi connectivity index (χ2n) is 7.99. The molecule has 1 aromatic carbocycles. The molecule has 1 saturated heterocycles. The molecule has 39 heavy (non-hydrogen) atoms. The zero-order chi connectivity index (χ0) is 29.2. The maximum absolute atomic E-state index is 10.6. The SMILES string of the molecule is NCc1cn(C2CCN(Cc3ccc(-c4csnn4)cc3)CC2)nn1.O=C(O)C(F)(F)F.O=C(O)C(F)(F)F. The number of hydrogen-bond acceptors (Lipinski definition) is 9. The number of halogens is 6. The quantitative estimate of drug-likeness (QED) is 0.380. The number of piperidine rings is 1. The van der Waals surface area contributed by atoms with Crippen LogP contribution in [0.4, 0.5) is 26.3 Å². The van der Waals surface area contributed by atoms with Crippen LogP contribution in [0.5, 0.6) is 0 Å². The highest BCUT2D eigenvalue weighted by Crippen LogP contribution is 2.24. The maximum atomic E-state index is 10.6. The Balaban J connectivity index is 0.000000317. The van der Waals surface area contributed by atoms with Gasteiger partial charge in [-0.05, 0) is 29.9 Å². The number of carbonyl (C=O) groups is 2. The molecule has 1 aliphatic rings. The first-order valence-electron chi connectivity index (χ1n) is 11.0. The van der Waals surface area contributed by atoms with E-state index in [-0.39, 0.29) is 0 Å².